The minimum absolute atomic E-state index is 0.0161. The number of fused-ring (bicyclic) bond motifs is 1. The first-order chi connectivity index (χ1) is 9.79. The second-order valence-electron chi connectivity index (χ2n) is 6.74. The maximum atomic E-state index is 12.2. The van der Waals surface area contributed by atoms with Gasteiger partial charge in [0.05, 0.1) is 13.0 Å². The molecule has 4 nitrogen and oxygen atoms in total. The van der Waals surface area contributed by atoms with Gasteiger partial charge in [-0.05, 0) is 51.1 Å². The van der Waals surface area contributed by atoms with Crippen molar-refractivity contribution in [2.24, 2.45) is 11.8 Å². The number of hydrogen-bond donors (Lipinski definition) is 1. The van der Waals surface area contributed by atoms with E-state index in [1.807, 2.05) is 0 Å². The predicted molar refractivity (Wildman–Crippen MR) is 78.5 cm³/mol. The third-order valence-corrected chi connectivity index (χ3v) is 5.58. The Morgan fingerprint density at radius 2 is 2.05 bits per heavy atom. The second kappa shape index (κ2) is 6.44. The first kappa shape index (κ1) is 14.3. The van der Waals surface area contributed by atoms with Gasteiger partial charge in [-0.25, -0.2) is 0 Å². The number of hydrogen-bond acceptors (Lipinski definition) is 4. The summed E-state index contributed by atoms with van der Waals surface area (Å²) in [5, 5.41) is 3.68. The topological polar surface area (TPSA) is 41.6 Å². The molecule has 3 aliphatic heterocycles. The van der Waals surface area contributed by atoms with E-state index in [2.05, 4.69) is 10.2 Å². The van der Waals surface area contributed by atoms with Gasteiger partial charge in [0.1, 0.15) is 0 Å². The van der Waals surface area contributed by atoms with Crippen LogP contribution in [0.2, 0.25) is 0 Å². The molecule has 20 heavy (non-hydrogen) atoms. The molecule has 0 aromatic carbocycles. The van der Waals surface area contributed by atoms with E-state index in [4.69, 9.17) is 4.74 Å². The first-order valence-electron chi connectivity index (χ1n) is 8.35. The Labute approximate surface area is 122 Å². The van der Waals surface area contributed by atoms with Gasteiger partial charge in [-0.1, -0.05) is 12.8 Å². The number of esters is 1. The van der Waals surface area contributed by atoms with E-state index in [1.54, 1.807) is 0 Å². The highest BCUT2D eigenvalue weighted by Crippen LogP contribution is 2.36. The van der Waals surface area contributed by atoms with Crippen LogP contribution in [0.5, 0.6) is 0 Å². The average Bonchev–Trinajstić information content (AvgIpc) is 2.54. The third kappa shape index (κ3) is 2.86. The number of nitrogens with zero attached hydrogens (tertiary/aromatic N) is 1. The maximum Gasteiger partial charge on any atom is 0.310 e. The minimum Gasteiger partial charge on any atom is -0.469 e. The maximum absolute atomic E-state index is 12.2. The molecule has 3 rings (SSSR count). The molecule has 0 saturated carbocycles. The van der Waals surface area contributed by atoms with Crippen LogP contribution in [0.3, 0.4) is 0 Å². The molecule has 0 bridgehead atoms. The molecule has 3 saturated heterocycles. The third-order valence-electron chi connectivity index (χ3n) is 5.58. The van der Waals surface area contributed by atoms with Crippen molar-refractivity contribution in [1.29, 1.82) is 0 Å². The van der Waals surface area contributed by atoms with Crippen LogP contribution < -0.4 is 5.32 Å². The molecule has 3 heterocycles. The number of piperidine rings is 3. The molecule has 0 aliphatic carbocycles. The van der Waals surface area contributed by atoms with Crippen LogP contribution >= 0.6 is 0 Å². The molecule has 3 fully saturated rings. The lowest BCUT2D eigenvalue weighted by Crippen LogP contribution is -2.57. The van der Waals surface area contributed by atoms with E-state index in [0.29, 0.717) is 18.0 Å². The van der Waals surface area contributed by atoms with Crippen molar-refractivity contribution in [2.75, 3.05) is 26.7 Å². The predicted octanol–water partition coefficient (Wildman–Crippen LogP) is 1.79. The van der Waals surface area contributed by atoms with Crippen LogP contribution in [0.1, 0.15) is 44.9 Å². The number of carbonyl (C=O) groups excluding carboxylic acids is 1. The van der Waals surface area contributed by atoms with Crippen molar-refractivity contribution in [3.05, 3.63) is 0 Å². The van der Waals surface area contributed by atoms with E-state index >= 15 is 0 Å². The number of nitrogens with one attached hydrogen (secondary N) is 1. The molecule has 4 atom stereocenters. The van der Waals surface area contributed by atoms with Gasteiger partial charge in [0, 0.05) is 18.6 Å². The van der Waals surface area contributed by atoms with E-state index in [9.17, 15) is 4.79 Å². The fourth-order valence-electron chi connectivity index (χ4n) is 4.54. The monoisotopic (exact) mass is 280 g/mol. The standard InChI is InChI=1S/C16H28N2O2/c1-20-16(19)13-10-12(14-6-2-4-8-17-14)11-18-9-5-3-7-15(13)18/h12-15,17H,2-11H2,1H3/t12-,13+,14+,15-/m0/s1. The molecule has 0 unspecified atom stereocenters. The molecule has 0 spiro atoms. The second-order valence-corrected chi connectivity index (χ2v) is 6.74. The summed E-state index contributed by atoms with van der Waals surface area (Å²) in [5.74, 6) is 0.735. The van der Waals surface area contributed by atoms with Crippen LogP contribution in [0, 0.1) is 11.8 Å². The number of methoxy groups -OCH3 is 1. The molecule has 4 heteroatoms. The van der Waals surface area contributed by atoms with Crippen molar-refractivity contribution >= 4 is 5.97 Å². The highest BCUT2D eigenvalue weighted by molar-refractivity contribution is 5.73. The zero-order chi connectivity index (χ0) is 13.9. The van der Waals surface area contributed by atoms with Gasteiger partial charge in [0.15, 0.2) is 0 Å². The summed E-state index contributed by atoms with van der Waals surface area (Å²) in [6.07, 6.45) is 8.65. The quantitative estimate of drug-likeness (QED) is 0.783. The lowest BCUT2D eigenvalue weighted by Gasteiger charge is -2.48. The Hall–Kier alpha value is -0.610. The lowest BCUT2D eigenvalue weighted by molar-refractivity contribution is -0.152. The van der Waals surface area contributed by atoms with Gasteiger partial charge in [0.2, 0.25) is 0 Å². The molecule has 0 amide bonds. The molecule has 3 aliphatic rings. The average molecular weight is 280 g/mol. The Kier molecular flexibility index (Phi) is 4.61. The molecule has 0 aromatic rings. The molecule has 0 aromatic heterocycles. The summed E-state index contributed by atoms with van der Waals surface area (Å²) in [6, 6.07) is 1.05. The van der Waals surface area contributed by atoms with Crippen LogP contribution in [0.15, 0.2) is 0 Å². The Balaban J connectivity index is 1.72. The van der Waals surface area contributed by atoms with Crippen LogP contribution in [0.25, 0.3) is 0 Å². The fourth-order valence-corrected chi connectivity index (χ4v) is 4.54. The van der Waals surface area contributed by atoms with Crippen molar-refractivity contribution in [2.45, 2.75) is 57.0 Å². The largest absolute Gasteiger partial charge is 0.469 e. The highest BCUT2D eigenvalue weighted by Gasteiger charge is 2.43. The summed E-state index contributed by atoms with van der Waals surface area (Å²) in [6.45, 7) is 3.49. The summed E-state index contributed by atoms with van der Waals surface area (Å²) >= 11 is 0. The van der Waals surface area contributed by atoms with Crippen molar-refractivity contribution in [1.82, 2.24) is 10.2 Å². The van der Waals surface area contributed by atoms with Crippen molar-refractivity contribution < 1.29 is 9.53 Å². The first-order valence-corrected chi connectivity index (χ1v) is 8.35. The summed E-state index contributed by atoms with van der Waals surface area (Å²) in [5.41, 5.74) is 0. The number of rotatable bonds is 2. The smallest absolute Gasteiger partial charge is 0.310 e. The minimum atomic E-state index is 0.0161. The highest BCUT2D eigenvalue weighted by atomic mass is 16.5. The molecule has 0 radical (unpaired) electrons. The van der Waals surface area contributed by atoms with E-state index in [0.717, 1.165) is 13.0 Å². The van der Waals surface area contributed by atoms with Gasteiger partial charge >= 0.3 is 5.97 Å². The summed E-state index contributed by atoms with van der Waals surface area (Å²) < 4.78 is 5.09. The van der Waals surface area contributed by atoms with E-state index in [-0.39, 0.29) is 11.9 Å². The lowest BCUT2D eigenvalue weighted by atomic mass is 9.75. The molecule has 114 valence electrons. The van der Waals surface area contributed by atoms with Crippen molar-refractivity contribution in [3.8, 4) is 0 Å². The Bertz CT molecular complexity index is 341. The van der Waals surface area contributed by atoms with E-state index < -0.39 is 0 Å². The van der Waals surface area contributed by atoms with Crippen LogP contribution in [0.4, 0.5) is 0 Å². The molecular weight excluding hydrogens is 252 g/mol. The molecular formula is C16H28N2O2. The zero-order valence-corrected chi connectivity index (χ0v) is 12.6. The van der Waals surface area contributed by atoms with Gasteiger partial charge < -0.3 is 10.1 Å². The Morgan fingerprint density at radius 1 is 1.20 bits per heavy atom. The van der Waals surface area contributed by atoms with E-state index in [1.165, 1.54) is 58.7 Å². The fraction of sp³-hybridized carbons (Fsp3) is 0.938. The molecule has 1 N–H and O–H groups in total. The van der Waals surface area contributed by atoms with Gasteiger partial charge in [-0.15, -0.1) is 0 Å². The summed E-state index contributed by atoms with van der Waals surface area (Å²) in [4.78, 5) is 14.8. The van der Waals surface area contributed by atoms with Crippen molar-refractivity contribution in [3.63, 3.8) is 0 Å². The van der Waals surface area contributed by atoms with Gasteiger partial charge in [-0.3, -0.25) is 9.69 Å². The number of carbonyl (C=O) groups is 1. The van der Waals surface area contributed by atoms with Gasteiger partial charge in [0.25, 0.3) is 0 Å². The van der Waals surface area contributed by atoms with Crippen LogP contribution in [-0.4, -0.2) is 49.7 Å². The SMILES string of the molecule is COC(=O)[C@@H]1C[C@H]([C@H]2CCCCN2)CN2CCCC[C@@H]12. The normalized spacial score (nSPS) is 39.0. The zero-order valence-electron chi connectivity index (χ0n) is 12.6. The van der Waals surface area contributed by atoms with Gasteiger partial charge in [-0.2, -0.15) is 0 Å². The summed E-state index contributed by atoms with van der Waals surface area (Å²) in [7, 11) is 1.54. The van der Waals surface area contributed by atoms with Crippen LogP contribution in [-0.2, 0) is 9.53 Å². The number of ether oxygens (including phenoxy) is 1. The Morgan fingerprint density at radius 3 is 2.80 bits per heavy atom.